The van der Waals surface area contributed by atoms with Gasteiger partial charge >= 0.3 is 0 Å². The first-order valence-corrected chi connectivity index (χ1v) is 14.1. The van der Waals surface area contributed by atoms with Crippen molar-refractivity contribution in [2.75, 3.05) is 18.4 Å². The lowest BCUT2D eigenvalue weighted by molar-refractivity contribution is 0.102. The van der Waals surface area contributed by atoms with E-state index in [4.69, 9.17) is 0 Å². The highest BCUT2D eigenvalue weighted by atomic mass is 32.2. The highest BCUT2D eigenvalue weighted by molar-refractivity contribution is 7.89. The van der Waals surface area contributed by atoms with Gasteiger partial charge in [0.2, 0.25) is 10.0 Å². The number of carbonyl (C=O) groups excluding carboxylic acids is 1. The van der Waals surface area contributed by atoms with Gasteiger partial charge in [-0.15, -0.1) is 10.2 Å². The van der Waals surface area contributed by atoms with Crippen LogP contribution >= 0.6 is 11.3 Å². The van der Waals surface area contributed by atoms with Gasteiger partial charge in [0.05, 0.1) is 22.5 Å². The third kappa shape index (κ3) is 5.35. The summed E-state index contributed by atoms with van der Waals surface area (Å²) >= 11 is 1.07. The highest BCUT2D eigenvalue weighted by Gasteiger charge is 2.23. The van der Waals surface area contributed by atoms with Crippen molar-refractivity contribution < 1.29 is 13.2 Å². The van der Waals surface area contributed by atoms with E-state index in [0.29, 0.717) is 29.5 Å². The monoisotopic (exact) mass is 553 g/mol. The molecule has 0 aliphatic carbocycles. The molecule has 2 heterocycles. The first-order valence-electron chi connectivity index (χ1n) is 11.8. The standard InChI is InChI=1S/C25H27N7O4S2/c1-5-31(6-2)38(35,36)20-14-10-11-18(15-20)23(33)27-25-26-16-21(37-25)28-29-22-17(3)30(4)32(24(22)34)19-12-8-7-9-13-19/h7-16H,5-6H2,1-4H3,(H,26,27,33). The van der Waals surface area contributed by atoms with Gasteiger partial charge in [-0.05, 0) is 37.3 Å². The van der Waals surface area contributed by atoms with Crippen molar-refractivity contribution in [3.8, 4) is 5.69 Å². The van der Waals surface area contributed by atoms with Crippen LogP contribution in [-0.2, 0) is 17.1 Å². The molecule has 0 bridgehead atoms. The van der Waals surface area contributed by atoms with E-state index >= 15 is 0 Å². The minimum Gasteiger partial charge on any atom is -0.298 e. The van der Waals surface area contributed by atoms with Crippen molar-refractivity contribution in [1.82, 2.24) is 18.7 Å². The summed E-state index contributed by atoms with van der Waals surface area (Å²) in [5, 5.41) is 11.6. The zero-order chi connectivity index (χ0) is 27.4. The molecule has 2 aromatic carbocycles. The fraction of sp³-hybridized carbons (Fsp3) is 0.240. The second kappa shape index (κ2) is 11.2. The summed E-state index contributed by atoms with van der Waals surface area (Å²) in [4.78, 5) is 30.0. The van der Waals surface area contributed by atoms with Gasteiger partial charge in [0.15, 0.2) is 15.8 Å². The highest BCUT2D eigenvalue weighted by Crippen LogP contribution is 2.29. The van der Waals surface area contributed by atoms with Crippen LogP contribution in [0.25, 0.3) is 5.69 Å². The van der Waals surface area contributed by atoms with Crippen molar-refractivity contribution in [3.63, 3.8) is 0 Å². The second-order valence-corrected chi connectivity index (χ2v) is 11.1. The lowest BCUT2D eigenvalue weighted by atomic mass is 10.2. The normalized spacial score (nSPS) is 11.9. The third-order valence-electron chi connectivity index (χ3n) is 5.93. The van der Waals surface area contributed by atoms with Crippen LogP contribution in [0.3, 0.4) is 0 Å². The quantitative estimate of drug-likeness (QED) is 0.302. The first kappa shape index (κ1) is 27.1. The maximum absolute atomic E-state index is 13.0. The van der Waals surface area contributed by atoms with Crippen molar-refractivity contribution >= 4 is 43.1 Å². The molecule has 0 saturated carbocycles. The van der Waals surface area contributed by atoms with Crippen LogP contribution in [0.5, 0.6) is 0 Å². The molecule has 1 N–H and O–H groups in total. The summed E-state index contributed by atoms with van der Waals surface area (Å²) in [7, 11) is -1.93. The Labute approximate surface area is 224 Å². The van der Waals surface area contributed by atoms with Crippen LogP contribution in [0, 0.1) is 6.92 Å². The predicted molar refractivity (Wildman–Crippen MR) is 147 cm³/mol. The smallest absolute Gasteiger partial charge is 0.298 e. The number of aromatic nitrogens is 3. The molecule has 0 saturated heterocycles. The van der Waals surface area contributed by atoms with E-state index in [9.17, 15) is 18.0 Å². The number of thiazole rings is 1. The molecule has 13 heteroatoms. The van der Waals surface area contributed by atoms with E-state index < -0.39 is 15.9 Å². The molecule has 0 atom stereocenters. The minimum atomic E-state index is -3.70. The number of anilines is 1. The van der Waals surface area contributed by atoms with Gasteiger partial charge < -0.3 is 0 Å². The summed E-state index contributed by atoms with van der Waals surface area (Å²) in [5.41, 5.74) is 1.42. The van der Waals surface area contributed by atoms with Crippen molar-refractivity contribution in [1.29, 1.82) is 0 Å². The van der Waals surface area contributed by atoms with E-state index in [1.807, 2.05) is 30.3 Å². The molecule has 0 aliphatic rings. The molecule has 0 unspecified atom stereocenters. The Bertz CT molecular complexity index is 1650. The van der Waals surface area contributed by atoms with Crippen LogP contribution in [-0.4, -0.2) is 46.1 Å². The number of nitrogens with one attached hydrogen (secondary N) is 1. The summed E-state index contributed by atoms with van der Waals surface area (Å²) in [6, 6.07) is 15.1. The van der Waals surface area contributed by atoms with Crippen LogP contribution in [0.4, 0.5) is 15.8 Å². The molecule has 0 spiro atoms. The lowest BCUT2D eigenvalue weighted by Gasteiger charge is -2.18. The molecule has 0 fully saturated rings. The fourth-order valence-corrected chi connectivity index (χ4v) is 5.96. The van der Waals surface area contributed by atoms with E-state index in [1.165, 1.54) is 39.4 Å². The number of rotatable bonds is 9. The number of benzene rings is 2. The van der Waals surface area contributed by atoms with E-state index in [1.54, 1.807) is 32.5 Å². The van der Waals surface area contributed by atoms with Crippen LogP contribution < -0.4 is 10.9 Å². The van der Waals surface area contributed by atoms with E-state index in [0.717, 1.165) is 11.3 Å². The van der Waals surface area contributed by atoms with Gasteiger partial charge in [0, 0.05) is 25.7 Å². The minimum absolute atomic E-state index is 0.0434. The average molecular weight is 554 g/mol. The largest absolute Gasteiger partial charge is 0.299 e. The fourth-order valence-electron chi connectivity index (χ4n) is 3.82. The zero-order valence-corrected chi connectivity index (χ0v) is 23.0. The van der Waals surface area contributed by atoms with Crippen LogP contribution in [0.1, 0.15) is 29.9 Å². The number of sulfonamides is 1. The van der Waals surface area contributed by atoms with Crippen LogP contribution in [0.2, 0.25) is 0 Å². The molecule has 38 heavy (non-hydrogen) atoms. The van der Waals surface area contributed by atoms with Crippen molar-refractivity contribution in [3.05, 3.63) is 82.4 Å². The van der Waals surface area contributed by atoms with Gasteiger partial charge in [-0.3, -0.25) is 19.6 Å². The molecule has 1 amide bonds. The van der Waals surface area contributed by atoms with E-state index in [2.05, 4.69) is 20.5 Å². The molecule has 2 aromatic heterocycles. The molecule has 0 aliphatic heterocycles. The Morgan fingerprint density at radius 3 is 2.47 bits per heavy atom. The Kier molecular flexibility index (Phi) is 7.99. The molecule has 0 radical (unpaired) electrons. The van der Waals surface area contributed by atoms with Gasteiger partial charge in [0.25, 0.3) is 11.5 Å². The average Bonchev–Trinajstić information content (AvgIpc) is 3.45. The number of hydrogen-bond acceptors (Lipinski definition) is 8. The maximum Gasteiger partial charge on any atom is 0.299 e. The second-order valence-electron chi connectivity index (χ2n) is 8.19. The number of hydrogen-bond donors (Lipinski definition) is 1. The number of para-hydroxylation sites is 1. The molecule has 198 valence electrons. The zero-order valence-electron chi connectivity index (χ0n) is 21.3. The summed E-state index contributed by atoms with van der Waals surface area (Å²) < 4.78 is 30.2. The molecule has 11 nitrogen and oxygen atoms in total. The first-order chi connectivity index (χ1) is 18.2. The maximum atomic E-state index is 13.0. The summed E-state index contributed by atoms with van der Waals surface area (Å²) in [6.45, 7) is 5.95. The Hall–Kier alpha value is -3.94. The van der Waals surface area contributed by atoms with Crippen LogP contribution in [0.15, 0.2) is 80.7 Å². The van der Waals surface area contributed by atoms with Crippen molar-refractivity contribution in [2.45, 2.75) is 25.7 Å². The van der Waals surface area contributed by atoms with Gasteiger partial charge in [-0.1, -0.05) is 49.4 Å². The molecule has 4 rings (SSSR count). The predicted octanol–water partition coefficient (Wildman–Crippen LogP) is 4.64. The topological polar surface area (TPSA) is 131 Å². The van der Waals surface area contributed by atoms with E-state index in [-0.39, 0.29) is 26.8 Å². The Balaban J connectivity index is 1.52. The Morgan fingerprint density at radius 1 is 1.08 bits per heavy atom. The van der Waals surface area contributed by atoms with Gasteiger partial charge in [-0.2, -0.15) is 4.31 Å². The number of carbonyl (C=O) groups is 1. The lowest BCUT2D eigenvalue weighted by Crippen LogP contribution is -2.30. The number of nitrogens with zero attached hydrogens (tertiary/aromatic N) is 6. The number of azo groups is 1. The molecule has 4 aromatic rings. The number of amides is 1. The third-order valence-corrected chi connectivity index (χ3v) is 8.77. The van der Waals surface area contributed by atoms with Gasteiger partial charge in [0.1, 0.15) is 0 Å². The molecular weight excluding hydrogens is 526 g/mol. The summed E-state index contributed by atoms with van der Waals surface area (Å²) in [6.07, 6.45) is 1.43. The molecular formula is C25H27N7O4S2. The van der Waals surface area contributed by atoms with Crippen molar-refractivity contribution in [2.24, 2.45) is 17.3 Å². The SMILES string of the molecule is CCN(CC)S(=O)(=O)c1cccc(C(=O)Nc2ncc(N=Nc3c(C)n(C)n(-c4ccccc4)c3=O)s2)c1. The Morgan fingerprint density at radius 2 is 1.79 bits per heavy atom. The van der Waals surface area contributed by atoms with Gasteiger partial charge in [-0.25, -0.2) is 18.1 Å². The summed E-state index contributed by atoms with van der Waals surface area (Å²) in [5.74, 6) is -0.510.